The molecule has 3 heterocycles. The number of rotatable bonds is 4. The van der Waals surface area contributed by atoms with E-state index in [1.807, 2.05) is 0 Å². The standard InChI is InChI=1S/C22H41N7/c1-19(2)9-14(10-20(3,4)28-19)26-17-16(23)18(25-13-24-17)27-15-11-21(5,6)29-22(7,8)12-15/h13-15,28-29H,9-12,23H2,1-8H3,(H2,24,25,26,27). The Morgan fingerprint density at radius 1 is 0.724 bits per heavy atom. The minimum atomic E-state index is 0.0640. The molecule has 1 aromatic rings. The molecule has 0 aliphatic carbocycles. The molecular formula is C22H41N7. The van der Waals surface area contributed by atoms with E-state index in [1.54, 1.807) is 6.33 Å². The second-order valence-corrected chi connectivity index (χ2v) is 11.8. The summed E-state index contributed by atoms with van der Waals surface area (Å²) in [4.78, 5) is 8.92. The van der Waals surface area contributed by atoms with Crippen LogP contribution in [0.4, 0.5) is 17.3 Å². The molecule has 6 N–H and O–H groups in total. The van der Waals surface area contributed by atoms with Gasteiger partial charge in [0.05, 0.1) is 0 Å². The van der Waals surface area contributed by atoms with Gasteiger partial charge < -0.3 is 27.0 Å². The van der Waals surface area contributed by atoms with E-state index in [4.69, 9.17) is 5.73 Å². The molecule has 0 saturated carbocycles. The third-order valence-electron chi connectivity index (χ3n) is 5.95. The molecule has 0 amide bonds. The lowest BCUT2D eigenvalue weighted by Crippen LogP contribution is -2.60. The molecule has 0 atom stereocenters. The van der Waals surface area contributed by atoms with E-state index in [0.29, 0.717) is 17.8 Å². The lowest BCUT2D eigenvalue weighted by atomic mass is 9.79. The van der Waals surface area contributed by atoms with Crippen LogP contribution in [-0.2, 0) is 0 Å². The van der Waals surface area contributed by atoms with Crippen LogP contribution in [0.2, 0.25) is 0 Å². The van der Waals surface area contributed by atoms with Crippen LogP contribution >= 0.6 is 0 Å². The maximum Gasteiger partial charge on any atom is 0.155 e. The third-order valence-corrected chi connectivity index (χ3v) is 5.95. The van der Waals surface area contributed by atoms with Gasteiger partial charge in [0.2, 0.25) is 0 Å². The zero-order chi connectivity index (χ0) is 21.7. The number of nitrogen functional groups attached to an aromatic ring is 1. The lowest BCUT2D eigenvalue weighted by molar-refractivity contribution is 0.170. The Hall–Kier alpha value is -1.60. The molecule has 0 radical (unpaired) electrons. The highest BCUT2D eigenvalue weighted by Gasteiger charge is 2.39. The SMILES string of the molecule is CC1(C)CC(Nc2ncnc(NC3CC(C)(C)NC(C)(C)C3)c2N)CC(C)(C)N1. The van der Waals surface area contributed by atoms with Crippen LogP contribution < -0.4 is 27.0 Å². The van der Waals surface area contributed by atoms with E-state index in [0.717, 1.165) is 37.3 Å². The van der Waals surface area contributed by atoms with E-state index < -0.39 is 0 Å². The first kappa shape index (κ1) is 22.1. The van der Waals surface area contributed by atoms with Crippen molar-refractivity contribution in [3.05, 3.63) is 6.33 Å². The van der Waals surface area contributed by atoms with Crippen molar-refractivity contribution in [1.29, 1.82) is 0 Å². The van der Waals surface area contributed by atoms with Crippen LogP contribution in [0.5, 0.6) is 0 Å². The molecule has 0 aromatic carbocycles. The number of anilines is 3. The number of nitrogens with two attached hydrogens (primary N) is 1. The summed E-state index contributed by atoms with van der Waals surface area (Å²) in [5.74, 6) is 1.46. The quantitative estimate of drug-likeness (QED) is 0.524. The highest BCUT2D eigenvalue weighted by Crippen LogP contribution is 2.34. The van der Waals surface area contributed by atoms with Crippen LogP contribution in [0.25, 0.3) is 0 Å². The molecule has 3 rings (SSSR count). The molecule has 164 valence electrons. The van der Waals surface area contributed by atoms with Crippen LogP contribution in [-0.4, -0.2) is 44.2 Å². The van der Waals surface area contributed by atoms with E-state index in [2.05, 4.69) is 86.6 Å². The molecular weight excluding hydrogens is 362 g/mol. The molecule has 0 bridgehead atoms. The monoisotopic (exact) mass is 403 g/mol. The Labute approximate surface area is 176 Å². The zero-order valence-corrected chi connectivity index (χ0v) is 19.5. The zero-order valence-electron chi connectivity index (χ0n) is 19.5. The van der Waals surface area contributed by atoms with Crippen molar-refractivity contribution in [2.75, 3.05) is 16.4 Å². The van der Waals surface area contributed by atoms with Crippen LogP contribution in [0.15, 0.2) is 6.33 Å². The lowest BCUT2D eigenvalue weighted by Gasteiger charge is -2.47. The first-order chi connectivity index (χ1) is 13.2. The van der Waals surface area contributed by atoms with E-state index in [-0.39, 0.29) is 22.2 Å². The summed E-state index contributed by atoms with van der Waals surface area (Å²) >= 11 is 0. The topological polar surface area (TPSA) is 99.9 Å². The van der Waals surface area contributed by atoms with Crippen molar-refractivity contribution in [2.24, 2.45) is 0 Å². The van der Waals surface area contributed by atoms with Gasteiger partial charge >= 0.3 is 0 Å². The fraction of sp³-hybridized carbons (Fsp3) is 0.818. The van der Waals surface area contributed by atoms with Gasteiger partial charge in [-0.3, -0.25) is 0 Å². The maximum absolute atomic E-state index is 6.51. The van der Waals surface area contributed by atoms with Crippen molar-refractivity contribution in [3.8, 4) is 0 Å². The van der Waals surface area contributed by atoms with Gasteiger partial charge in [-0.1, -0.05) is 0 Å². The largest absolute Gasteiger partial charge is 0.393 e. The second-order valence-electron chi connectivity index (χ2n) is 11.8. The highest BCUT2D eigenvalue weighted by atomic mass is 15.2. The molecule has 7 heteroatoms. The predicted molar refractivity (Wildman–Crippen MR) is 122 cm³/mol. The Morgan fingerprint density at radius 3 is 1.34 bits per heavy atom. The second kappa shape index (κ2) is 7.27. The minimum Gasteiger partial charge on any atom is -0.393 e. The number of nitrogens with zero attached hydrogens (tertiary/aromatic N) is 2. The van der Waals surface area contributed by atoms with E-state index >= 15 is 0 Å². The molecule has 2 saturated heterocycles. The molecule has 2 aliphatic rings. The van der Waals surface area contributed by atoms with Crippen molar-refractivity contribution in [1.82, 2.24) is 20.6 Å². The first-order valence-corrected chi connectivity index (χ1v) is 10.9. The Kier molecular flexibility index (Phi) is 5.54. The van der Waals surface area contributed by atoms with E-state index in [1.165, 1.54) is 0 Å². The van der Waals surface area contributed by atoms with Gasteiger partial charge in [-0.05, 0) is 81.1 Å². The summed E-state index contributed by atoms with van der Waals surface area (Å²) in [6, 6.07) is 0.617. The fourth-order valence-electron chi connectivity index (χ4n) is 5.86. The number of aromatic nitrogens is 2. The van der Waals surface area contributed by atoms with Gasteiger partial charge in [0.1, 0.15) is 12.0 Å². The van der Waals surface area contributed by atoms with Crippen LogP contribution in [0.3, 0.4) is 0 Å². The van der Waals surface area contributed by atoms with E-state index in [9.17, 15) is 0 Å². The molecule has 29 heavy (non-hydrogen) atoms. The molecule has 0 spiro atoms. The summed E-state index contributed by atoms with van der Waals surface area (Å²) in [7, 11) is 0. The third kappa shape index (κ3) is 5.72. The smallest absolute Gasteiger partial charge is 0.155 e. The molecule has 1 aromatic heterocycles. The van der Waals surface area contributed by atoms with Crippen molar-refractivity contribution in [3.63, 3.8) is 0 Å². The molecule has 0 unspecified atom stereocenters. The summed E-state index contributed by atoms with van der Waals surface area (Å²) < 4.78 is 0. The van der Waals surface area contributed by atoms with Gasteiger partial charge in [0.15, 0.2) is 11.6 Å². The summed E-state index contributed by atoms with van der Waals surface area (Å²) in [6.45, 7) is 18.0. The van der Waals surface area contributed by atoms with Gasteiger partial charge in [0.25, 0.3) is 0 Å². The summed E-state index contributed by atoms with van der Waals surface area (Å²) in [5.41, 5.74) is 7.37. The number of nitrogens with one attached hydrogen (secondary N) is 4. The number of piperidine rings is 2. The van der Waals surface area contributed by atoms with Gasteiger partial charge in [-0.2, -0.15) is 0 Å². The Bertz CT molecular complexity index is 648. The summed E-state index contributed by atoms with van der Waals surface area (Å²) in [5, 5.41) is 14.6. The Morgan fingerprint density at radius 2 is 1.03 bits per heavy atom. The average Bonchev–Trinajstić information content (AvgIpc) is 2.44. The molecule has 7 nitrogen and oxygen atoms in total. The van der Waals surface area contributed by atoms with Crippen LogP contribution in [0.1, 0.15) is 81.1 Å². The number of hydrogen-bond donors (Lipinski definition) is 5. The predicted octanol–water partition coefficient (Wildman–Crippen LogP) is 3.50. The maximum atomic E-state index is 6.51. The number of hydrogen-bond acceptors (Lipinski definition) is 7. The van der Waals surface area contributed by atoms with Crippen molar-refractivity contribution >= 4 is 17.3 Å². The van der Waals surface area contributed by atoms with Crippen molar-refractivity contribution < 1.29 is 0 Å². The minimum absolute atomic E-state index is 0.0640. The molecule has 2 aliphatic heterocycles. The highest BCUT2D eigenvalue weighted by molar-refractivity contribution is 5.74. The van der Waals surface area contributed by atoms with Crippen molar-refractivity contribution in [2.45, 2.75) is 115 Å². The first-order valence-electron chi connectivity index (χ1n) is 10.9. The average molecular weight is 404 g/mol. The Balaban J connectivity index is 1.75. The summed E-state index contributed by atoms with van der Waals surface area (Å²) in [6.07, 6.45) is 5.66. The molecule has 2 fully saturated rings. The van der Waals surface area contributed by atoms with Gasteiger partial charge in [-0.15, -0.1) is 0 Å². The van der Waals surface area contributed by atoms with Gasteiger partial charge in [0, 0.05) is 34.2 Å². The van der Waals surface area contributed by atoms with Gasteiger partial charge in [-0.25, -0.2) is 9.97 Å². The normalized spacial score (nSPS) is 26.1. The van der Waals surface area contributed by atoms with Crippen LogP contribution in [0, 0.1) is 0 Å². The fourth-order valence-corrected chi connectivity index (χ4v) is 5.86.